The van der Waals surface area contributed by atoms with Gasteiger partial charge in [0.15, 0.2) is 11.5 Å². The van der Waals surface area contributed by atoms with E-state index >= 15 is 0 Å². The highest BCUT2D eigenvalue weighted by atomic mass is 16.7. The standard InChI is InChI=1S/C17H25N3O3/c1-10(2)7-12-8-13(20-19-12)16(21)18-11-5-6-14-15(9-11)23-17(3,4)22-14/h5-6,9-10,12-13,19-20H,7-8H2,1-4H3,(H,18,21). The fraction of sp³-hybridized carbons (Fsp3) is 0.588. The molecule has 0 aromatic heterocycles. The van der Waals surface area contributed by atoms with Crippen LogP contribution in [0, 0.1) is 5.92 Å². The van der Waals surface area contributed by atoms with Gasteiger partial charge in [-0.2, -0.15) is 0 Å². The minimum atomic E-state index is -0.661. The molecule has 2 unspecified atom stereocenters. The van der Waals surface area contributed by atoms with Gasteiger partial charge in [0.1, 0.15) is 6.04 Å². The molecule has 126 valence electrons. The summed E-state index contributed by atoms with van der Waals surface area (Å²) in [6.45, 7) is 8.08. The molecule has 6 heteroatoms. The van der Waals surface area contributed by atoms with Crippen LogP contribution >= 0.6 is 0 Å². The summed E-state index contributed by atoms with van der Waals surface area (Å²) in [5.41, 5.74) is 6.99. The fourth-order valence-corrected chi connectivity index (χ4v) is 3.05. The molecule has 2 aliphatic heterocycles. The number of fused-ring (bicyclic) bond motifs is 1. The Hall–Kier alpha value is -1.79. The van der Waals surface area contributed by atoms with E-state index in [1.807, 2.05) is 26.0 Å². The summed E-state index contributed by atoms with van der Waals surface area (Å²) in [6.07, 6.45) is 1.84. The quantitative estimate of drug-likeness (QED) is 0.795. The minimum Gasteiger partial charge on any atom is -0.449 e. The maximum absolute atomic E-state index is 12.4. The van der Waals surface area contributed by atoms with Crippen LogP contribution < -0.4 is 25.6 Å². The molecule has 2 atom stereocenters. The first kappa shape index (κ1) is 16.1. The Kier molecular flexibility index (Phi) is 4.21. The van der Waals surface area contributed by atoms with Crippen LogP contribution in [0.1, 0.15) is 40.5 Å². The first-order valence-electron chi connectivity index (χ1n) is 8.16. The molecular weight excluding hydrogens is 294 g/mol. The van der Waals surface area contributed by atoms with Crippen LogP contribution in [-0.4, -0.2) is 23.8 Å². The molecule has 1 aromatic rings. The van der Waals surface area contributed by atoms with E-state index in [1.165, 1.54) is 0 Å². The lowest BCUT2D eigenvalue weighted by Gasteiger charge is -2.16. The molecule has 3 rings (SSSR count). The SMILES string of the molecule is CC(C)CC1CC(C(=O)Nc2ccc3c(c2)OC(C)(C)O3)NN1. The Morgan fingerprint density at radius 3 is 2.78 bits per heavy atom. The van der Waals surface area contributed by atoms with Crippen molar-refractivity contribution in [3.8, 4) is 11.5 Å². The van der Waals surface area contributed by atoms with E-state index in [-0.39, 0.29) is 11.9 Å². The molecule has 2 aliphatic rings. The fourth-order valence-electron chi connectivity index (χ4n) is 3.05. The molecule has 3 N–H and O–H groups in total. The second-order valence-corrected chi connectivity index (χ2v) is 7.16. The second-order valence-electron chi connectivity index (χ2n) is 7.16. The maximum atomic E-state index is 12.4. The largest absolute Gasteiger partial charge is 0.449 e. The van der Waals surface area contributed by atoms with Crippen LogP contribution in [0.5, 0.6) is 11.5 Å². The molecule has 1 fully saturated rings. The number of carbonyl (C=O) groups is 1. The van der Waals surface area contributed by atoms with Crippen molar-refractivity contribution >= 4 is 11.6 Å². The van der Waals surface area contributed by atoms with Crippen molar-refractivity contribution in [2.24, 2.45) is 5.92 Å². The topological polar surface area (TPSA) is 71.6 Å². The highest BCUT2D eigenvalue weighted by molar-refractivity contribution is 5.95. The predicted molar refractivity (Wildman–Crippen MR) is 88.3 cm³/mol. The number of hydrogen-bond acceptors (Lipinski definition) is 5. The zero-order valence-electron chi connectivity index (χ0n) is 14.1. The van der Waals surface area contributed by atoms with Gasteiger partial charge in [-0.25, -0.2) is 5.43 Å². The van der Waals surface area contributed by atoms with Crippen LogP contribution in [0.2, 0.25) is 0 Å². The Bertz CT molecular complexity index is 601. The second kappa shape index (κ2) is 6.02. The minimum absolute atomic E-state index is 0.0399. The van der Waals surface area contributed by atoms with Crippen molar-refractivity contribution in [2.45, 2.75) is 58.4 Å². The van der Waals surface area contributed by atoms with Crippen molar-refractivity contribution in [1.29, 1.82) is 0 Å². The monoisotopic (exact) mass is 319 g/mol. The van der Waals surface area contributed by atoms with Crippen molar-refractivity contribution in [3.63, 3.8) is 0 Å². The number of ether oxygens (including phenoxy) is 2. The smallest absolute Gasteiger partial charge is 0.246 e. The van der Waals surface area contributed by atoms with Gasteiger partial charge in [0, 0.05) is 31.6 Å². The van der Waals surface area contributed by atoms with Gasteiger partial charge in [-0.05, 0) is 30.9 Å². The van der Waals surface area contributed by atoms with Gasteiger partial charge >= 0.3 is 0 Å². The van der Waals surface area contributed by atoms with E-state index in [0.29, 0.717) is 29.1 Å². The zero-order chi connectivity index (χ0) is 16.6. The van der Waals surface area contributed by atoms with Crippen LogP contribution in [0.25, 0.3) is 0 Å². The molecule has 6 nitrogen and oxygen atoms in total. The van der Waals surface area contributed by atoms with E-state index < -0.39 is 5.79 Å². The summed E-state index contributed by atoms with van der Waals surface area (Å²) < 4.78 is 11.3. The number of nitrogens with one attached hydrogen (secondary N) is 3. The molecule has 1 amide bonds. The molecule has 0 aliphatic carbocycles. The Morgan fingerprint density at radius 2 is 2.04 bits per heavy atom. The van der Waals surface area contributed by atoms with E-state index in [0.717, 1.165) is 12.8 Å². The number of carbonyl (C=O) groups excluding carboxylic acids is 1. The summed E-state index contributed by atoms with van der Waals surface area (Å²) in [4.78, 5) is 12.4. The Morgan fingerprint density at radius 1 is 1.30 bits per heavy atom. The van der Waals surface area contributed by atoms with Crippen molar-refractivity contribution in [2.75, 3.05) is 5.32 Å². The Labute approximate surface area is 136 Å². The lowest BCUT2D eigenvalue weighted by Crippen LogP contribution is -2.40. The molecule has 0 bridgehead atoms. The van der Waals surface area contributed by atoms with Gasteiger partial charge in [-0.1, -0.05) is 13.8 Å². The van der Waals surface area contributed by atoms with Gasteiger partial charge in [0.25, 0.3) is 0 Å². The first-order chi connectivity index (χ1) is 10.8. The molecule has 2 heterocycles. The molecule has 1 aromatic carbocycles. The third-order valence-corrected chi connectivity index (χ3v) is 3.98. The molecule has 0 spiro atoms. The van der Waals surface area contributed by atoms with Crippen molar-refractivity contribution in [3.05, 3.63) is 18.2 Å². The van der Waals surface area contributed by atoms with Gasteiger partial charge in [0.05, 0.1) is 0 Å². The van der Waals surface area contributed by atoms with Crippen molar-refractivity contribution < 1.29 is 14.3 Å². The third kappa shape index (κ3) is 3.76. The lowest BCUT2D eigenvalue weighted by molar-refractivity contribution is -0.117. The molecule has 0 saturated carbocycles. The van der Waals surface area contributed by atoms with Crippen molar-refractivity contribution in [1.82, 2.24) is 10.9 Å². The maximum Gasteiger partial charge on any atom is 0.246 e. The lowest BCUT2D eigenvalue weighted by atomic mass is 10.00. The van der Waals surface area contributed by atoms with E-state index in [9.17, 15) is 4.79 Å². The van der Waals surface area contributed by atoms with Gasteiger partial charge in [-0.3, -0.25) is 10.2 Å². The summed E-state index contributed by atoms with van der Waals surface area (Å²) in [5, 5.41) is 2.94. The Balaban J connectivity index is 1.59. The normalized spacial score (nSPS) is 24.9. The van der Waals surface area contributed by atoms with E-state index in [1.54, 1.807) is 6.07 Å². The van der Waals surface area contributed by atoms with E-state index in [2.05, 4.69) is 30.0 Å². The van der Waals surface area contributed by atoms with Crippen LogP contribution in [0.15, 0.2) is 18.2 Å². The molecule has 1 saturated heterocycles. The first-order valence-corrected chi connectivity index (χ1v) is 8.16. The number of hydrazine groups is 1. The van der Waals surface area contributed by atoms with Crippen LogP contribution in [0.4, 0.5) is 5.69 Å². The highest BCUT2D eigenvalue weighted by Gasteiger charge is 2.33. The number of benzene rings is 1. The number of amides is 1. The number of anilines is 1. The summed E-state index contributed by atoms with van der Waals surface area (Å²) in [5.74, 6) is 1.26. The van der Waals surface area contributed by atoms with Crippen LogP contribution in [-0.2, 0) is 4.79 Å². The molecular formula is C17H25N3O3. The number of rotatable bonds is 4. The van der Waals surface area contributed by atoms with Gasteiger partial charge < -0.3 is 14.8 Å². The molecule has 0 radical (unpaired) electrons. The van der Waals surface area contributed by atoms with Gasteiger partial charge in [0.2, 0.25) is 11.7 Å². The number of hydrogen-bond donors (Lipinski definition) is 3. The summed E-state index contributed by atoms with van der Waals surface area (Å²) in [7, 11) is 0. The van der Waals surface area contributed by atoms with E-state index in [4.69, 9.17) is 9.47 Å². The molecule has 23 heavy (non-hydrogen) atoms. The predicted octanol–water partition coefficient (Wildman–Crippen LogP) is 2.41. The average Bonchev–Trinajstić information content (AvgIpc) is 3.00. The zero-order valence-corrected chi connectivity index (χ0v) is 14.1. The van der Waals surface area contributed by atoms with Crippen LogP contribution in [0.3, 0.4) is 0 Å². The average molecular weight is 319 g/mol. The summed E-state index contributed by atoms with van der Waals surface area (Å²) in [6, 6.07) is 5.57. The summed E-state index contributed by atoms with van der Waals surface area (Å²) >= 11 is 0. The van der Waals surface area contributed by atoms with Gasteiger partial charge in [-0.15, -0.1) is 0 Å². The highest BCUT2D eigenvalue weighted by Crippen LogP contribution is 2.40. The third-order valence-electron chi connectivity index (χ3n) is 3.98.